The maximum atomic E-state index is 9.47. The Balaban J connectivity index is 2.06. The number of rotatable bonds is 8. The van der Waals surface area contributed by atoms with Crippen molar-refractivity contribution in [3.8, 4) is 0 Å². The fourth-order valence-corrected chi connectivity index (χ4v) is 2.38. The number of hydrogen-bond acceptors (Lipinski definition) is 3. The molecule has 1 N–H and O–H groups in total. The summed E-state index contributed by atoms with van der Waals surface area (Å²) in [6.07, 6.45) is 5.66. The lowest BCUT2D eigenvalue weighted by Crippen LogP contribution is -2.36. The quantitative estimate of drug-likeness (QED) is 0.524. The van der Waals surface area contributed by atoms with Gasteiger partial charge in [0.15, 0.2) is 0 Å². The molecule has 0 aromatic rings. The number of aliphatic hydroxyl groups is 1. The van der Waals surface area contributed by atoms with Gasteiger partial charge in [-0.25, -0.2) is 0 Å². The van der Waals surface area contributed by atoms with E-state index in [-0.39, 0.29) is 0 Å². The minimum absolute atomic E-state index is 0.310. The smallest absolute Gasteiger partial charge is 0.0881 e. The first-order chi connectivity index (χ1) is 8.24. The van der Waals surface area contributed by atoms with E-state index < -0.39 is 0 Å². The highest BCUT2D eigenvalue weighted by molar-refractivity contribution is 4.88. The van der Waals surface area contributed by atoms with Gasteiger partial charge < -0.3 is 9.84 Å². The Hall–Kier alpha value is -0.540. The van der Waals surface area contributed by atoms with Crippen LogP contribution in [-0.2, 0) is 4.74 Å². The zero-order chi connectivity index (χ0) is 12.5. The van der Waals surface area contributed by atoms with E-state index in [2.05, 4.69) is 18.4 Å². The lowest BCUT2D eigenvalue weighted by Gasteiger charge is -2.26. The fraction of sp³-hybridized carbons (Fsp3) is 0.857. The van der Waals surface area contributed by atoms with E-state index >= 15 is 0 Å². The third-order valence-electron chi connectivity index (χ3n) is 3.49. The highest BCUT2D eigenvalue weighted by Crippen LogP contribution is 2.20. The molecule has 0 unspecified atom stereocenters. The standard InChI is InChI=1S/C14H27NO2/c1-3-6-14(13(2)16)7-4-5-8-15-9-11-17-12-10-15/h14,16H,2-12H2,1H3/t14-/m0/s1. The molecular weight excluding hydrogens is 214 g/mol. The molecule has 0 amide bonds. The SMILES string of the molecule is C=C(O)[C@@H](CCC)CCCCN1CCOCC1. The second-order valence-corrected chi connectivity index (χ2v) is 4.93. The molecule has 17 heavy (non-hydrogen) atoms. The molecule has 1 saturated heterocycles. The molecular formula is C14H27NO2. The summed E-state index contributed by atoms with van der Waals surface area (Å²) in [5.74, 6) is 0.683. The Morgan fingerprint density at radius 2 is 2.00 bits per heavy atom. The van der Waals surface area contributed by atoms with E-state index in [4.69, 9.17) is 4.74 Å². The number of morpholine rings is 1. The normalized spacial score (nSPS) is 19.1. The van der Waals surface area contributed by atoms with Crippen molar-refractivity contribution in [2.75, 3.05) is 32.8 Å². The maximum absolute atomic E-state index is 9.47. The molecule has 0 aromatic heterocycles. The molecule has 1 fully saturated rings. The Morgan fingerprint density at radius 1 is 1.29 bits per heavy atom. The first-order valence-electron chi connectivity index (χ1n) is 6.92. The van der Waals surface area contributed by atoms with Crippen LogP contribution >= 0.6 is 0 Å². The van der Waals surface area contributed by atoms with Crippen molar-refractivity contribution >= 4 is 0 Å². The van der Waals surface area contributed by atoms with Gasteiger partial charge in [-0.2, -0.15) is 0 Å². The van der Waals surface area contributed by atoms with Crippen LogP contribution in [0.15, 0.2) is 12.3 Å². The van der Waals surface area contributed by atoms with Gasteiger partial charge in [-0.1, -0.05) is 26.3 Å². The van der Waals surface area contributed by atoms with Gasteiger partial charge in [0.25, 0.3) is 0 Å². The second kappa shape index (κ2) is 8.54. The van der Waals surface area contributed by atoms with Gasteiger partial charge in [0.2, 0.25) is 0 Å². The van der Waals surface area contributed by atoms with Gasteiger partial charge in [0.1, 0.15) is 0 Å². The Morgan fingerprint density at radius 3 is 2.59 bits per heavy atom. The molecule has 1 heterocycles. The summed E-state index contributed by atoms with van der Waals surface area (Å²) in [5, 5.41) is 9.47. The minimum atomic E-state index is 0.310. The first kappa shape index (κ1) is 14.5. The minimum Gasteiger partial charge on any atom is -0.513 e. The number of aliphatic hydroxyl groups excluding tert-OH is 1. The third-order valence-corrected chi connectivity index (χ3v) is 3.49. The summed E-state index contributed by atoms with van der Waals surface area (Å²) in [6.45, 7) is 10.9. The molecule has 0 aliphatic carbocycles. The van der Waals surface area contributed by atoms with Crippen LogP contribution in [0.2, 0.25) is 0 Å². The zero-order valence-electron chi connectivity index (χ0n) is 11.2. The topological polar surface area (TPSA) is 32.7 Å². The van der Waals surface area contributed by atoms with E-state index in [1.165, 1.54) is 19.4 Å². The van der Waals surface area contributed by atoms with Crippen molar-refractivity contribution in [1.82, 2.24) is 4.90 Å². The van der Waals surface area contributed by atoms with Crippen LogP contribution in [0.25, 0.3) is 0 Å². The molecule has 0 aromatic carbocycles. The molecule has 0 saturated carbocycles. The molecule has 0 bridgehead atoms. The van der Waals surface area contributed by atoms with Crippen molar-refractivity contribution in [3.63, 3.8) is 0 Å². The maximum Gasteiger partial charge on any atom is 0.0881 e. The molecule has 0 spiro atoms. The van der Waals surface area contributed by atoms with Crippen molar-refractivity contribution in [2.45, 2.75) is 39.0 Å². The van der Waals surface area contributed by atoms with E-state index in [1.807, 2.05) is 0 Å². The Labute approximate surface area is 105 Å². The van der Waals surface area contributed by atoms with Crippen LogP contribution in [0.1, 0.15) is 39.0 Å². The van der Waals surface area contributed by atoms with Crippen LogP contribution in [0.5, 0.6) is 0 Å². The summed E-state index contributed by atoms with van der Waals surface area (Å²) >= 11 is 0. The predicted molar refractivity (Wildman–Crippen MR) is 71.3 cm³/mol. The van der Waals surface area contributed by atoms with Crippen molar-refractivity contribution in [1.29, 1.82) is 0 Å². The molecule has 3 nitrogen and oxygen atoms in total. The third kappa shape index (κ3) is 6.08. The van der Waals surface area contributed by atoms with E-state index in [0.717, 1.165) is 45.6 Å². The average Bonchev–Trinajstić information content (AvgIpc) is 2.34. The van der Waals surface area contributed by atoms with Crippen molar-refractivity contribution in [3.05, 3.63) is 12.3 Å². The van der Waals surface area contributed by atoms with Gasteiger partial charge in [0.05, 0.1) is 19.0 Å². The van der Waals surface area contributed by atoms with E-state index in [0.29, 0.717) is 11.7 Å². The molecule has 100 valence electrons. The number of hydrogen-bond donors (Lipinski definition) is 1. The van der Waals surface area contributed by atoms with E-state index in [9.17, 15) is 5.11 Å². The van der Waals surface area contributed by atoms with Gasteiger partial charge in [-0.3, -0.25) is 4.90 Å². The largest absolute Gasteiger partial charge is 0.513 e. The van der Waals surface area contributed by atoms with E-state index in [1.54, 1.807) is 0 Å². The summed E-state index contributed by atoms with van der Waals surface area (Å²) in [4.78, 5) is 2.46. The molecule has 1 aliphatic heterocycles. The second-order valence-electron chi connectivity index (χ2n) is 4.93. The van der Waals surface area contributed by atoms with Crippen LogP contribution in [-0.4, -0.2) is 42.9 Å². The monoisotopic (exact) mass is 241 g/mol. The zero-order valence-corrected chi connectivity index (χ0v) is 11.2. The molecule has 1 aliphatic rings. The average molecular weight is 241 g/mol. The lowest BCUT2D eigenvalue weighted by molar-refractivity contribution is 0.0370. The van der Waals surface area contributed by atoms with Gasteiger partial charge >= 0.3 is 0 Å². The number of ether oxygens (including phenoxy) is 1. The Kier molecular flexibility index (Phi) is 7.29. The van der Waals surface area contributed by atoms with Crippen LogP contribution in [0.4, 0.5) is 0 Å². The van der Waals surface area contributed by atoms with Crippen LogP contribution < -0.4 is 0 Å². The van der Waals surface area contributed by atoms with Crippen molar-refractivity contribution in [2.24, 2.45) is 5.92 Å². The highest BCUT2D eigenvalue weighted by Gasteiger charge is 2.12. The van der Waals surface area contributed by atoms with Gasteiger partial charge in [0, 0.05) is 19.0 Å². The number of allylic oxidation sites excluding steroid dienone is 1. The molecule has 1 atom stereocenters. The fourth-order valence-electron chi connectivity index (χ4n) is 2.38. The first-order valence-corrected chi connectivity index (χ1v) is 6.92. The lowest BCUT2D eigenvalue weighted by atomic mass is 9.95. The van der Waals surface area contributed by atoms with Gasteiger partial charge in [-0.05, 0) is 25.8 Å². The molecule has 1 rings (SSSR count). The molecule has 0 radical (unpaired) electrons. The van der Waals surface area contributed by atoms with Crippen LogP contribution in [0, 0.1) is 5.92 Å². The van der Waals surface area contributed by atoms with Crippen LogP contribution in [0.3, 0.4) is 0 Å². The highest BCUT2D eigenvalue weighted by atomic mass is 16.5. The molecule has 3 heteroatoms. The Bertz CT molecular complexity index is 212. The number of unbranched alkanes of at least 4 members (excludes halogenated alkanes) is 1. The van der Waals surface area contributed by atoms with Crippen molar-refractivity contribution < 1.29 is 9.84 Å². The summed E-state index contributed by atoms with van der Waals surface area (Å²) < 4.78 is 5.32. The summed E-state index contributed by atoms with van der Waals surface area (Å²) in [6, 6.07) is 0. The summed E-state index contributed by atoms with van der Waals surface area (Å²) in [7, 11) is 0. The van der Waals surface area contributed by atoms with Gasteiger partial charge in [-0.15, -0.1) is 0 Å². The number of nitrogens with zero attached hydrogens (tertiary/aromatic N) is 1. The predicted octanol–water partition coefficient (Wildman–Crippen LogP) is 2.98. The summed E-state index contributed by atoms with van der Waals surface area (Å²) in [5.41, 5.74) is 0.